The highest BCUT2D eigenvalue weighted by atomic mass is 32.2. The second-order valence-electron chi connectivity index (χ2n) is 14.1. The fraction of sp³-hybridized carbons (Fsp3) is 0.656. The van der Waals surface area contributed by atoms with Crippen molar-refractivity contribution in [3.05, 3.63) is 42.1 Å². The number of amides is 1. The number of carbonyl (C=O) groups is 1. The van der Waals surface area contributed by atoms with Gasteiger partial charge in [-0.3, -0.25) is 9.69 Å². The lowest BCUT2D eigenvalue weighted by atomic mass is 9.72. The van der Waals surface area contributed by atoms with Crippen LogP contribution in [0.5, 0.6) is 11.5 Å². The molecule has 1 spiro atoms. The van der Waals surface area contributed by atoms with Crippen molar-refractivity contribution >= 4 is 21.9 Å². The largest absolute Gasteiger partial charge is 0.451 e. The Morgan fingerprint density at radius 2 is 1.80 bits per heavy atom. The molecule has 4 atom stereocenters. The van der Waals surface area contributed by atoms with Crippen molar-refractivity contribution in [1.82, 2.24) is 29.2 Å². The fourth-order valence-corrected chi connectivity index (χ4v) is 8.33. The van der Waals surface area contributed by atoms with E-state index in [0.717, 1.165) is 12.8 Å². The molecule has 0 unspecified atom stereocenters. The predicted octanol–water partition coefficient (Wildman–Crippen LogP) is 2.41. The third kappa shape index (κ3) is 9.06. The average Bonchev–Trinajstić information content (AvgIpc) is 3.05. The molecule has 4 aliphatic heterocycles. The van der Waals surface area contributed by atoms with Gasteiger partial charge in [-0.15, -0.1) is 0 Å². The van der Waals surface area contributed by atoms with E-state index in [9.17, 15) is 35.9 Å². The highest BCUT2D eigenvalue weighted by molar-refractivity contribution is 7.87. The first kappa shape index (κ1) is 37.6. The van der Waals surface area contributed by atoms with E-state index in [4.69, 9.17) is 14.2 Å². The maximum Gasteiger partial charge on any atom is 0.402 e. The second kappa shape index (κ2) is 14.7. The minimum atomic E-state index is -4.68. The molecular formula is C32H43F4N7O7S. The van der Waals surface area contributed by atoms with Gasteiger partial charge in [-0.1, -0.05) is 0 Å². The summed E-state index contributed by atoms with van der Waals surface area (Å²) in [6.45, 7) is 5.62. The summed E-state index contributed by atoms with van der Waals surface area (Å²) in [4.78, 5) is 28.1. The molecule has 4 aliphatic rings. The Kier molecular flexibility index (Phi) is 10.8. The number of aromatic nitrogens is 2. The van der Waals surface area contributed by atoms with Crippen LogP contribution in [0.3, 0.4) is 0 Å². The second-order valence-corrected chi connectivity index (χ2v) is 15.6. The first-order valence-corrected chi connectivity index (χ1v) is 18.4. The standard InChI is InChI=1S/C32H43F4N7O7S/c1-21-13-48-14-22(2)43(21)29(44)25-11-23(33)3-4-26(25)50-27-12-37-20-38-28(27)42-17-30(18-42)7-9-41(10-8-30)19-31(45)6-5-24(15-49-31)40-51(46,47)39-16-32(34,35)36/h3-4,11-12,20-22,24,39-40,45H,5-10,13-19H2,1-2H3/t21-,22-,24-,31-/m1/s1. The molecule has 6 rings (SSSR count). The van der Waals surface area contributed by atoms with Crippen LogP contribution in [0, 0.1) is 11.2 Å². The van der Waals surface area contributed by atoms with Gasteiger partial charge in [0.2, 0.25) is 0 Å². The molecule has 14 nitrogen and oxygen atoms in total. The van der Waals surface area contributed by atoms with Gasteiger partial charge in [-0.2, -0.15) is 31.0 Å². The average molecular weight is 746 g/mol. The molecule has 0 aliphatic carbocycles. The van der Waals surface area contributed by atoms with Crippen LogP contribution in [-0.4, -0.2) is 128 Å². The number of anilines is 1. The molecule has 4 saturated heterocycles. The first-order chi connectivity index (χ1) is 24.0. The van der Waals surface area contributed by atoms with Gasteiger partial charge in [-0.25, -0.2) is 14.4 Å². The number of rotatable bonds is 10. The summed E-state index contributed by atoms with van der Waals surface area (Å²) >= 11 is 0. The van der Waals surface area contributed by atoms with Crippen molar-refractivity contribution in [3.63, 3.8) is 0 Å². The van der Waals surface area contributed by atoms with Crippen molar-refractivity contribution < 1.29 is 50.1 Å². The summed E-state index contributed by atoms with van der Waals surface area (Å²) in [5.41, 5.74) is 0.0949. The van der Waals surface area contributed by atoms with E-state index in [1.165, 1.54) is 35.4 Å². The molecule has 51 heavy (non-hydrogen) atoms. The highest BCUT2D eigenvalue weighted by Gasteiger charge is 2.47. The Bertz CT molecular complexity index is 1650. The molecule has 0 saturated carbocycles. The molecule has 282 valence electrons. The van der Waals surface area contributed by atoms with Gasteiger partial charge in [0.15, 0.2) is 17.4 Å². The van der Waals surface area contributed by atoms with Crippen LogP contribution in [0.2, 0.25) is 0 Å². The molecule has 4 fully saturated rings. The van der Waals surface area contributed by atoms with E-state index >= 15 is 0 Å². The van der Waals surface area contributed by atoms with Crippen molar-refractivity contribution in [3.8, 4) is 11.5 Å². The molecule has 3 N–H and O–H groups in total. The van der Waals surface area contributed by atoms with Crippen molar-refractivity contribution in [2.45, 2.75) is 69.6 Å². The minimum absolute atomic E-state index is 0.00115. The number of halogens is 4. The maximum absolute atomic E-state index is 14.4. The Morgan fingerprint density at radius 3 is 2.45 bits per heavy atom. The van der Waals surface area contributed by atoms with Crippen LogP contribution in [0.1, 0.15) is 49.9 Å². The van der Waals surface area contributed by atoms with Gasteiger partial charge >= 0.3 is 6.18 Å². The van der Waals surface area contributed by atoms with Crippen LogP contribution in [0.25, 0.3) is 0 Å². The molecular weight excluding hydrogens is 702 g/mol. The summed E-state index contributed by atoms with van der Waals surface area (Å²) in [6.07, 6.45) is 0.225. The van der Waals surface area contributed by atoms with E-state index in [0.29, 0.717) is 51.0 Å². The normalized spacial score (nSPS) is 27.3. The Labute approximate surface area is 293 Å². The number of morpholine rings is 1. The first-order valence-electron chi connectivity index (χ1n) is 16.9. The molecule has 5 heterocycles. The Balaban J connectivity index is 1.01. The summed E-state index contributed by atoms with van der Waals surface area (Å²) in [5.74, 6) is -1.35. The maximum atomic E-state index is 14.4. The van der Waals surface area contributed by atoms with Crippen molar-refractivity contribution in [1.29, 1.82) is 0 Å². The number of likely N-dealkylation sites (tertiary alicyclic amines) is 1. The van der Waals surface area contributed by atoms with E-state index in [-0.39, 0.29) is 60.7 Å². The number of benzene rings is 1. The summed E-state index contributed by atoms with van der Waals surface area (Å²) in [5, 5.41) is 11.1. The smallest absolute Gasteiger partial charge is 0.402 e. The Morgan fingerprint density at radius 1 is 1.10 bits per heavy atom. The number of hydrogen-bond acceptors (Lipinski definition) is 11. The number of β-amino-alcohol motifs (C(OH)–C–C–N with tert-alkyl or cyclic N) is 1. The van der Waals surface area contributed by atoms with Gasteiger partial charge in [0.05, 0.1) is 50.2 Å². The molecule has 0 bridgehead atoms. The van der Waals surface area contributed by atoms with Crippen LogP contribution in [-0.2, 0) is 19.7 Å². The lowest BCUT2D eigenvalue weighted by Gasteiger charge is -2.55. The van der Waals surface area contributed by atoms with Crippen LogP contribution >= 0.6 is 0 Å². The summed E-state index contributed by atoms with van der Waals surface area (Å²) < 4.78 is 96.6. The SMILES string of the molecule is C[C@@H]1COC[C@@H](C)N1C(=O)c1cc(F)ccc1Oc1cncnc1N1CC2(CCN(C[C@@]3(O)CC[C@@H](NS(=O)(=O)NCC(F)(F)F)CO3)CC2)C1. The molecule has 1 aromatic carbocycles. The van der Waals surface area contributed by atoms with E-state index in [2.05, 4.69) is 24.5 Å². The fourth-order valence-electron chi connectivity index (χ4n) is 7.27. The van der Waals surface area contributed by atoms with Crippen LogP contribution < -0.4 is 19.1 Å². The van der Waals surface area contributed by atoms with Crippen LogP contribution in [0.4, 0.5) is 23.4 Å². The zero-order valence-corrected chi connectivity index (χ0v) is 29.2. The number of hydrogen-bond donors (Lipinski definition) is 3. The van der Waals surface area contributed by atoms with E-state index in [1.807, 2.05) is 13.8 Å². The third-order valence-electron chi connectivity index (χ3n) is 9.91. The number of aliphatic hydroxyl groups is 1. The zero-order chi connectivity index (χ0) is 36.6. The zero-order valence-electron chi connectivity index (χ0n) is 28.4. The highest BCUT2D eigenvalue weighted by Crippen LogP contribution is 2.45. The van der Waals surface area contributed by atoms with Gasteiger partial charge in [-0.05, 0) is 64.4 Å². The number of ether oxygens (including phenoxy) is 3. The third-order valence-corrected chi connectivity index (χ3v) is 11.1. The Hall–Kier alpha value is -3.20. The van der Waals surface area contributed by atoms with Gasteiger partial charge < -0.3 is 29.1 Å². The lowest BCUT2D eigenvalue weighted by Crippen LogP contribution is -2.62. The molecule has 19 heteroatoms. The number of nitrogens with one attached hydrogen (secondary N) is 2. The van der Waals surface area contributed by atoms with E-state index < -0.39 is 40.6 Å². The van der Waals surface area contributed by atoms with E-state index in [1.54, 1.807) is 4.90 Å². The van der Waals surface area contributed by atoms with Crippen molar-refractivity contribution in [2.75, 3.05) is 64.0 Å². The molecule has 2 aromatic rings. The number of nitrogens with zero attached hydrogens (tertiary/aromatic N) is 5. The van der Waals surface area contributed by atoms with Crippen molar-refractivity contribution in [2.24, 2.45) is 5.41 Å². The quantitative estimate of drug-likeness (QED) is 0.307. The summed E-state index contributed by atoms with van der Waals surface area (Å²) in [6, 6.07) is 2.68. The molecule has 1 amide bonds. The number of carbonyl (C=O) groups excluding carboxylic acids is 1. The lowest BCUT2D eigenvalue weighted by molar-refractivity contribution is -0.239. The topological polar surface area (TPSA) is 159 Å². The van der Waals surface area contributed by atoms with Gasteiger partial charge in [0.25, 0.3) is 16.1 Å². The van der Waals surface area contributed by atoms with Crippen LogP contribution in [0.15, 0.2) is 30.7 Å². The minimum Gasteiger partial charge on any atom is -0.451 e. The summed E-state index contributed by atoms with van der Waals surface area (Å²) in [7, 11) is -4.39. The number of piperidine rings is 1. The molecule has 0 radical (unpaired) electrons. The monoisotopic (exact) mass is 745 g/mol. The predicted molar refractivity (Wildman–Crippen MR) is 175 cm³/mol. The van der Waals surface area contributed by atoms with Gasteiger partial charge in [0, 0.05) is 31.0 Å². The number of alkyl halides is 3. The molecule has 1 aromatic heterocycles. The van der Waals surface area contributed by atoms with Gasteiger partial charge in [0.1, 0.15) is 24.4 Å².